The predicted octanol–water partition coefficient (Wildman–Crippen LogP) is 3.16. The Bertz CT molecular complexity index is 837. The van der Waals surface area contributed by atoms with Gasteiger partial charge in [0.05, 0.1) is 17.1 Å². The lowest BCUT2D eigenvalue weighted by molar-refractivity contribution is 0.167. The van der Waals surface area contributed by atoms with Crippen molar-refractivity contribution in [3.05, 3.63) is 76.1 Å². The van der Waals surface area contributed by atoms with Crippen LogP contribution in [0, 0.1) is 0 Å². The quantitative estimate of drug-likeness (QED) is 0.725. The molecule has 4 nitrogen and oxygen atoms in total. The lowest BCUT2D eigenvalue weighted by Crippen LogP contribution is -2.10. The third-order valence-electron chi connectivity index (χ3n) is 3.73. The molecule has 2 N–H and O–H groups in total. The Hall–Kier alpha value is -2.59. The molecule has 1 aromatic heterocycles. The summed E-state index contributed by atoms with van der Waals surface area (Å²) in [6, 6.07) is 16.1. The van der Waals surface area contributed by atoms with Crippen LogP contribution < -0.4 is 5.63 Å². The lowest BCUT2D eigenvalue weighted by atomic mass is 10.0. The van der Waals surface area contributed by atoms with Gasteiger partial charge in [-0.05, 0) is 30.5 Å². The zero-order valence-corrected chi connectivity index (χ0v) is 11.9. The first-order valence-electron chi connectivity index (χ1n) is 7.13. The number of aromatic hydroxyl groups is 1. The summed E-state index contributed by atoms with van der Waals surface area (Å²) in [5, 5.41) is 20.9. The number of hydrogen-bond donors (Lipinski definition) is 2. The van der Waals surface area contributed by atoms with Crippen molar-refractivity contribution in [1.29, 1.82) is 0 Å². The van der Waals surface area contributed by atoms with Crippen LogP contribution in [-0.4, -0.2) is 10.2 Å². The molecule has 0 bridgehead atoms. The molecule has 3 aromatic rings. The summed E-state index contributed by atoms with van der Waals surface area (Å²) in [7, 11) is 0. The third-order valence-corrected chi connectivity index (χ3v) is 3.73. The van der Waals surface area contributed by atoms with E-state index < -0.39 is 11.7 Å². The van der Waals surface area contributed by atoms with Crippen LogP contribution in [0.25, 0.3) is 11.0 Å². The molecule has 112 valence electrons. The molecule has 3 rings (SSSR count). The summed E-state index contributed by atoms with van der Waals surface area (Å²) in [6.45, 7) is 0. The van der Waals surface area contributed by atoms with Crippen molar-refractivity contribution in [3.8, 4) is 5.75 Å². The highest BCUT2D eigenvalue weighted by Gasteiger charge is 2.15. The summed E-state index contributed by atoms with van der Waals surface area (Å²) in [5.41, 5.74) is 0.787. The van der Waals surface area contributed by atoms with Crippen molar-refractivity contribution >= 4 is 11.0 Å². The van der Waals surface area contributed by atoms with E-state index in [1.165, 1.54) is 0 Å². The molecule has 0 radical (unpaired) electrons. The van der Waals surface area contributed by atoms with E-state index in [9.17, 15) is 15.0 Å². The number of hydrogen-bond acceptors (Lipinski definition) is 4. The molecule has 0 aliphatic carbocycles. The smallest absolute Gasteiger partial charge is 0.343 e. The fourth-order valence-electron chi connectivity index (χ4n) is 2.52. The maximum Gasteiger partial charge on any atom is 0.343 e. The van der Waals surface area contributed by atoms with Crippen molar-refractivity contribution in [2.24, 2.45) is 0 Å². The van der Waals surface area contributed by atoms with Gasteiger partial charge in [0, 0.05) is 0 Å². The van der Waals surface area contributed by atoms with Crippen molar-refractivity contribution in [2.75, 3.05) is 0 Å². The van der Waals surface area contributed by atoms with Crippen molar-refractivity contribution in [2.45, 2.75) is 18.9 Å². The van der Waals surface area contributed by atoms with Crippen molar-refractivity contribution in [3.63, 3.8) is 0 Å². The lowest BCUT2D eigenvalue weighted by Gasteiger charge is -2.11. The highest BCUT2D eigenvalue weighted by Crippen LogP contribution is 2.28. The second-order valence-electron chi connectivity index (χ2n) is 5.18. The molecule has 0 spiro atoms. The van der Waals surface area contributed by atoms with E-state index in [1.807, 2.05) is 30.3 Å². The van der Waals surface area contributed by atoms with Gasteiger partial charge in [0.1, 0.15) is 11.3 Å². The molecule has 0 aliphatic rings. The van der Waals surface area contributed by atoms with Crippen molar-refractivity contribution in [1.82, 2.24) is 0 Å². The van der Waals surface area contributed by atoms with Gasteiger partial charge >= 0.3 is 5.63 Å². The molecule has 1 atom stereocenters. The van der Waals surface area contributed by atoms with Gasteiger partial charge in [-0.25, -0.2) is 4.79 Å². The standard InChI is InChI=1S/C18H16O4/c19-15(12-6-2-1-3-7-12)11-10-14-17(20)13-8-4-5-9-16(13)22-18(14)21/h1-9,15,19-20H,10-11H2. The Morgan fingerprint density at radius 1 is 1.00 bits per heavy atom. The Balaban J connectivity index is 1.87. The second-order valence-corrected chi connectivity index (χ2v) is 5.18. The highest BCUT2D eigenvalue weighted by molar-refractivity contribution is 5.83. The van der Waals surface area contributed by atoms with E-state index >= 15 is 0 Å². The van der Waals surface area contributed by atoms with Crippen LogP contribution in [0.4, 0.5) is 0 Å². The average molecular weight is 296 g/mol. The van der Waals surface area contributed by atoms with Crippen LogP contribution in [0.5, 0.6) is 5.75 Å². The van der Waals surface area contributed by atoms with Gasteiger partial charge in [0.15, 0.2) is 0 Å². The molecule has 2 aromatic carbocycles. The van der Waals surface area contributed by atoms with Crippen LogP contribution in [0.3, 0.4) is 0 Å². The molecule has 22 heavy (non-hydrogen) atoms. The minimum absolute atomic E-state index is 0.0629. The summed E-state index contributed by atoms with van der Waals surface area (Å²) < 4.78 is 5.21. The summed E-state index contributed by atoms with van der Waals surface area (Å²) >= 11 is 0. The van der Waals surface area contributed by atoms with E-state index in [4.69, 9.17) is 4.42 Å². The molecule has 0 fully saturated rings. The van der Waals surface area contributed by atoms with Gasteiger partial charge in [-0.3, -0.25) is 0 Å². The van der Waals surface area contributed by atoms with E-state index in [1.54, 1.807) is 24.3 Å². The van der Waals surface area contributed by atoms with E-state index in [-0.39, 0.29) is 17.7 Å². The molecule has 1 unspecified atom stereocenters. The second kappa shape index (κ2) is 6.03. The highest BCUT2D eigenvalue weighted by atomic mass is 16.4. The van der Waals surface area contributed by atoms with Gasteiger partial charge < -0.3 is 14.6 Å². The van der Waals surface area contributed by atoms with Crippen LogP contribution in [0.2, 0.25) is 0 Å². The van der Waals surface area contributed by atoms with Gasteiger partial charge in [-0.15, -0.1) is 0 Å². The molecule has 0 aliphatic heterocycles. The third kappa shape index (κ3) is 2.73. The molecule has 1 heterocycles. The van der Waals surface area contributed by atoms with E-state index in [2.05, 4.69) is 0 Å². The molecule has 0 saturated heterocycles. The monoisotopic (exact) mass is 296 g/mol. The maximum atomic E-state index is 12.0. The number of para-hydroxylation sites is 1. The topological polar surface area (TPSA) is 70.7 Å². The number of aliphatic hydroxyl groups excluding tert-OH is 1. The zero-order valence-electron chi connectivity index (χ0n) is 11.9. The Morgan fingerprint density at radius 3 is 2.45 bits per heavy atom. The van der Waals surface area contributed by atoms with E-state index in [0.717, 1.165) is 5.56 Å². The Morgan fingerprint density at radius 2 is 1.68 bits per heavy atom. The van der Waals surface area contributed by atoms with Gasteiger partial charge in [-0.2, -0.15) is 0 Å². The normalized spacial score (nSPS) is 12.4. The number of benzene rings is 2. The first-order chi connectivity index (χ1) is 10.7. The first-order valence-corrected chi connectivity index (χ1v) is 7.13. The zero-order chi connectivity index (χ0) is 15.5. The number of aliphatic hydroxyl groups is 1. The van der Waals surface area contributed by atoms with Crippen LogP contribution in [-0.2, 0) is 6.42 Å². The molecule has 0 saturated carbocycles. The summed E-state index contributed by atoms with van der Waals surface area (Å²) in [6.07, 6.45) is -0.109. The predicted molar refractivity (Wildman–Crippen MR) is 83.9 cm³/mol. The Labute approximate surface area is 127 Å². The van der Waals surface area contributed by atoms with Gasteiger partial charge in [-0.1, -0.05) is 42.5 Å². The SMILES string of the molecule is O=c1oc2ccccc2c(O)c1CCC(O)c1ccccc1. The number of fused-ring (bicyclic) bond motifs is 1. The van der Waals surface area contributed by atoms with E-state index in [0.29, 0.717) is 17.4 Å². The van der Waals surface area contributed by atoms with Crippen LogP contribution in [0.15, 0.2) is 63.8 Å². The number of rotatable bonds is 4. The molecular weight excluding hydrogens is 280 g/mol. The molecular formula is C18H16O4. The largest absolute Gasteiger partial charge is 0.507 e. The molecule has 0 amide bonds. The van der Waals surface area contributed by atoms with Crippen LogP contribution in [0.1, 0.15) is 23.7 Å². The fraction of sp³-hybridized carbons (Fsp3) is 0.167. The summed E-state index contributed by atoms with van der Waals surface area (Å²) in [5.74, 6) is -0.0629. The maximum absolute atomic E-state index is 12.0. The van der Waals surface area contributed by atoms with Gasteiger partial charge in [0.25, 0.3) is 0 Å². The van der Waals surface area contributed by atoms with Gasteiger partial charge in [0.2, 0.25) is 0 Å². The molecule has 4 heteroatoms. The minimum Gasteiger partial charge on any atom is -0.507 e. The fourth-order valence-corrected chi connectivity index (χ4v) is 2.52. The first kappa shape index (κ1) is 14.4. The van der Waals surface area contributed by atoms with Crippen molar-refractivity contribution < 1.29 is 14.6 Å². The van der Waals surface area contributed by atoms with Crippen LogP contribution >= 0.6 is 0 Å². The average Bonchev–Trinajstić information content (AvgIpc) is 2.55. The minimum atomic E-state index is -0.688. The summed E-state index contributed by atoms with van der Waals surface area (Å²) in [4.78, 5) is 12.0. The Kier molecular flexibility index (Phi) is 3.94.